The van der Waals surface area contributed by atoms with E-state index in [2.05, 4.69) is 10.3 Å². The van der Waals surface area contributed by atoms with Gasteiger partial charge in [-0.25, -0.2) is 9.48 Å². The van der Waals surface area contributed by atoms with Crippen LogP contribution < -0.4 is 0 Å². The Labute approximate surface area is 139 Å². The maximum Gasteiger partial charge on any atom is 0.361 e. The fourth-order valence-electron chi connectivity index (χ4n) is 2.42. The zero-order chi connectivity index (χ0) is 16.9. The van der Waals surface area contributed by atoms with Crippen molar-refractivity contribution in [2.24, 2.45) is 0 Å². The van der Waals surface area contributed by atoms with E-state index in [9.17, 15) is 9.90 Å². The molecule has 1 aromatic heterocycles. The minimum atomic E-state index is -0.492. The Kier molecular flexibility index (Phi) is 4.56. The largest absolute Gasteiger partial charge is 0.508 e. The van der Waals surface area contributed by atoms with Crippen LogP contribution in [0.25, 0.3) is 11.3 Å². The topological polar surface area (TPSA) is 77.2 Å². The van der Waals surface area contributed by atoms with E-state index in [1.807, 2.05) is 30.3 Å². The van der Waals surface area contributed by atoms with Crippen LogP contribution in [-0.4, -0.2) is 32.7 Å². The molecule has 0 radical (unpaired) electrons. The fraction of sp³-hybridized carbons (Fsp3) is 0.167. The Balaban J connectivity index is 2.02. The number of esters is 1. The van der Waals surface area contributed by atoms with E-state index in [4.69, 9.17) is 4.74 Å². The first-order chi connectivity index (χ1) is 11.7. The van der Waals surface area contributed by atoms with Gasteiger partial charge in [0.1, 0.15) is 11.4 Å². The van der Waals surface area contributed by atoms with Crippen molar-refractivity contribution in [3.05, 3.63) is 65.9 Å². The van der Waals surface area contributed by atoms with Crippen molar-refractivity contribution < 1.29 is 14.6 Å². The highest BCUT2D eigenvalue weighted by atomic mass is 16.5. The number of phenolic OH excluding ortho intramolecular Hbond substituents is 1. The molecule has 0 saturated carbocycles. The second kappa shape index (κ2) is 6.95. The molecule has 0 aliphatic carbocycles. The van der Waals surface area contributed by atoms with Gasteiger partial charge in [0, 0.05) is 5.56 Å². The molecule has 24 heavy (non-hydrogen) atoms. The van der Waals surface area contributed by atoms with Gasteiger partial charge in [-0.3, -0.25) is 0 Å². The van der Waals surface area contributed by atoms with Gasteiger partial charge in [0.05, 0.1) is 13.2 Å². The average Bonchev–Trinajstić information content (AvgIpc) is 3.01. The van der Waals surface area contributed by atoms with Crippen molar-refractivity contribution in [2.75, 3.05) is 6.61 Å². The zero-order valence-corrected chi connectivity index (χ0v) is 13.2. The summed E-state index contributed by atoms with van der Waals surface area (Å²) in [5.74, 6) is -0.291. The van der Waals surface area contributed by atoms with Crippen molar-refractivity contribution in [1.29, 1.82) is 0 Å². The lowest BCUT2D eigenvalue weighted by Crippen LogP contribution is -2.09. The number of carbonyl (C=O) groups excluding carboxylic acids is 1. The molecule has 0 saturated heterocycles. The van der Waals surface area contributed by atoms with Gasteiger partial charge in [-0.2, -0.15) is 0 Å². The Bertz CT molecular complexity index is 826. The Morgan fingerprint density at radius 3 is 2.50 bits per heavy atom. The number of aromatic hydroxyl groups is 1. The van der Waals surface area contributed by atoms with Crippen molar-refractivity contribution >= 4 is 5.97 Å². The molecular formula is C18H17N3O3. The molecule has 3 aromatic rings. The van der Waals surface area contributed by atoms with Crippen LogP contribution in [0.4, 0.5) is 0 Å². The summed E-state index contributed by atoms with van der Waals surface area (Å²) >= 11 is 0. The van der Waals surface area contributed by atoms with E-state index < -0.39 is 5.97 Å². The molecule has 0 bridgehead atoms. The number of rotatable bonds is 5. The molecule has 2 aromatic carbocycles. The van der Waals surface area contributed by atoms with Crippen molar-refractivity contribution in [3.63, 3.8) is 0 Å². The Hall–Kier alpha value is -3.15. The zero-order valence-electron chi connectivity index (χ0n) is 13.2. The minimum absolute atomic E-state index is 0.196. The number of ether oxygens (including phenoxy) is 1. The summed E-state index contributed by atoms with van der Waals surface area (Å²) in [6, 6.07) is 16.3. The van der Waals surface area contributed by atoms with Crippen LogP contribution >= 0.6 is 0 Å². The fourth-order valence-corrected chi connectivity index (χ4v) is 2.42. The third-order valence-electron chi connectivity index (χ3n) is 3.52. The number of phenols is 1. The van der Waals surface area contributed by atoms with Gasteiger partial charge in [-0.1, -0.05) is 47.7 Å². The molecule has 6 nitrogen and oxygen atoms in total. The van der Waals surface area contributed by atoms with Gasteiger partial charge in [0.15, 0.2) is 5.69 Å². The van der Waals surface area contributed by atoms with Gasteiger partial charge < -0.3 is 9.84 Å². The van der Waals surface area contributed by atoms with E-state index >= 15 is 0 Å². The predicted octanol–water partition coefficient (Wildman–Crippen LogP) is 2.88. The third kappa shape index (κ3) is 3.27. The van der Waals surface area contributed by atoms with Crippen LogP contribution in [0.3, 0.4) is 0 Å². The summed E-state index contributed by atoms with van der Waals surface area (Å²) in [6.07, 6.45) is 0. The molecule has 0 fully saturated rings. The van der Waals surface area contributed by atoms with Crippen molar-refractivity contribution in [2.45, 2.75) is 13.5 Å². The molecule has 6 heteroatoms. The minimum Gasteiger partial charge on any atom is -0.508 e. The van der Waals surface area contributed by atoms with Crippen LogP contribution in [0.2, 0.25) is 0 Å². The number of aromatic nitrogens is 3. The number of benzene rings is 2. The molecule has 122 valence electrons. The summed E-state index contributed by atoms with van der Waals surface area (Å²) in [5.41, 5.74) is 2.58. The molecule has 0 unspecified atom stereocenters. The van der Waals surface area contributed by atoms with Crippen LogP contribution in [0.15, 0.2) is 54.6 Å². The maximum atomic E-state index is 12.2. The van der Waals surface area contributed by atoms with Gasteiger partial charge in [-0.05, 0) is 24.6 Å². The Morgan fingerprint density at radius 2 is 1.83 bits per heavy atom. The highest BCUT2D eigenvalue weighted by Crippen LogP contribution is 2.24. The van der Waals surface area contributed by atoms with Gasteiger partial charge in [0.2, 0.25) is 0 Å². The number of hydrogen-bond donors (Lipinski definition) is 1. The van der Waals surface area contributed by atoms with E-state index in [1.165, 1.54) is 0 Å². The van der Waals surface area contributed by atoms with Crippen molar-refractivity contribution in [3.8, 4) is 17.0 Å². The third-order valence-corrected chi connectivity index (χ3v) is 3.52. The first-order valence-electron chi connectivity index (χ1n) is 7.63. The predicted molar refractivity (Wildman–Crippen MR) is 88.6 cm³/mol. The van der Waals surface area contributed by atoms with E-state index in [1.54, 1.807) is 35.9 Å². The monoisotopic (exact) mass is 323 g/mol. The lowest BCUT2D eigenvalue weighted by Gasteiger charge is -2.08. The van der Waals surface area contributed by atoms with E-state index in [-0.39, 0.29) is 18.1 Å². The molecule has 1 heterocycles. The quantitative estimate of drug-likeness (QED) is 0.731. The molecule has 3 rings (SSSR count). The van der Waals surface area contributed by atoms with Crippen LogP contribution in [-0.2, 0) is 11.3 Å². The Morgan fingerprint density at radius 1 is 1.12 bits per heavy atom. The molecule has 0 aliphatic heterocycles. The van der Waals surface area contributed by atoms with E-state index in [0.717, 1.165) is 11.1 Å². The summed E-state index contributed by atoms with van der Waals surface area (Å²) < 4.78 is 6.74. The highest BCUT2D eigenvalue weighted by Gasteiger charge is 2.22. The smallest absolute Gasteiger partial charge is 0.361 e. The van der Waals surface area contributed by atoms with Crippen molar-refractivity contribution in [1.82, 2.24) is 15.0 Å². The SMILES string of the molecule is CCOC(=O)c1nnn(Cc2ccc(O)cc2)c1-c1ccccc1. The number of nitrogens with zero attached hydrogens (tertiary/aromatic N) is 3. The van der Waals surface area contributed by atoms with Gasteiger partial charge >= 0.3 is 5.97 Å². The normalized spacial score (nSPS) is 10.5. The molecule has 0 aliphatic rings. The number of carbonyl (C=O) groups is 1. The first-order valence-corrected chi connectivity index (χ1v) is 7.63. The lowest BCUT2D eigenvalue weighted by atomic mass is 10.1. The average molecular weight is 323 g/mol. The molecular weight excluding hydrogens is 306 g/mol. The summed E-state index contributed by atoms with van der Waals surface area (Å²) in [5, 5.41) is 17.5. The molecule has 0 spiro atoms. The second-order valence-electron chi connectivity index (χ2n) is 5.20. The standard InChI is InChI=1S/C18H17N3O3/c1-2-24-18(23)16-17(14-6-4-3-5-7-14)21(20-19-16)12-13-8-10-15(22)11-9-13/h3-11,22H,2,12H2,1H3. The van der Waals surface area contributed by atoms with Gasteiger partial charge in [-0.15, -0.1) is 5.10 Å². The first kappa shape index (κ1) is 15.7. The maximum absolute atomic E-state index is 12.2. The molecule has 1 N–H and O–H groups in total. The summed E-state index contributed by atoms with van der Waals surface area (Å²) in [6.45, 7) is 2.45. The molecule has 0 amide bonds. The van der Waals surface area contributed by atoms with Crippen LogP contribution in [0, 0.1) is 0 Å². The van der Waals surface area contributed by atoms with Crippen LogP contribution in [0.1, 0.15) is 23.0 Å². The van der Waals surface area contributed by atoms with Gasteiger partial charge in [0.25, 0.3) is 0 Å². The number of hydrogen-bond acceptors (Lipinski definition) is 5. The summed E-state index contributed by atoms with van der Waals surface area (Å²) in [4.78, 5) is 12.2. The highest BCUT2D eigenvalue weighted by molar-refractivity contribution is 5.94. The molecule has 0 atom stereocenters. The second-order valence-corrected chi connectivity index (χ2v) is 5.20. The van der Waals surface area contributed by atoms with E-state index in [0.29, 0.717) is 12.2 Å². The summed E-state index contributed by atoms with van der Waals surface area (Å²) in [7, 11) is 0. The van der Waals surface area contributed by atoms with Crippen LogP contribution in [0.5, 0.6) is 5.75 Å². The lowest BCUT2D eigenvalue weighted by molar-refractivity contribution is 0.0520.